The lowest BCUT2D eigenvalue weighted by atomic mass is 10.1. The molecule has 0 bridgehead atoms. The number of nitrogens with zero attached hydrogens (tertiary/aromatic N) is 2. The molecular formula is C23H30N4O5S. The van der Waals surface area contributed by atoms with E-state index in [0.717, 1.165) is 13.1 Å². The Bertz CT molecular complexity index is 1060. The zero-order valence-corrected chi connectivity index (χ0v) is 19.9. The van der Waals surface area contributed by atoms with Gasteiger partial charge in [0.15, 0.2) is 0 Å². The van der Waals surface area contributed by atoms with E-state index in [1.54, 1.807) is 36.4 Å². The Morgan fingerprint density at radius 3 is 2.18 bits per heavy atom. The van der Waals surface area contributed by atoms with Gasteiger partial charge in [-0.1, -0.05) is 0 Å². The average molecular weight is 475 g/mol. The fraction of sp³-hybridized carbons (Fsp3) is 0.391. The fourth-order valence-electron chi connectivity index (χ4n) is 3.37. The van der Waals surface area contributed by atoms with Gasteiger partial charge in [-0.2, -0.15) is 4.72 Å². The number of sulfonamides is 1. The molecule has 1 saturated heterocycles. The summed E-state index contributed by atoms with van der Waals surface area (Å²) in [4.78, 5) is 29.2. The first kappa shape index (κ1) is 24.7. The molecule has 1 fully saturated rings. The van der Waals surface area contributed by atoms with Crippen LogP contribution in [0.4, 0.5) is 5.69 Å². The Labute approximate surface area is 194 Å². The number of anilines is 1. The highest BCUT2D eigenvalue weighted by atomic mass is 32.2. The molecule has 3 rings (SSSR count). The maximum atomic E-state index is 12.6. The molecule has 2 aromatic rings. The zero-order valence-electron chi connectivity index (χ0n) is 19.1. The quantitative estimate of drug-likeness (QED) is 0.604. The number of piperazine rings is 1. The van der Waals surface area contributed by atoms with E-state index in [-0.39, 0.29) is 10.8 Å². The lowest BCUT2D eigenvalue weighted by Crippen LogP contribution is -2.47. The number of amides is 2. The van der Waals surface area contributed by atoms with Gasteiger partial charge in [0.05, 0.1) is 17.5 Å². The molecule has 0 spiro atoms. The molecule has 2 N–H and O–H groups in total. The third-order valence-electron chi connectivity index (χ3n) is 5.36. The van der Waals surface area contributed by atoms with Crippen LogP contribution in [0.25, 0.3) is 0 Å². The van der Waals surface area contributed by atoms with Gasteiger partial charge in [0.2, 0.25) is 15.9 Å². The maximum Gasteiger partial charge on any atom is 0.253 e. The van der Waals surface area contributed by atoms with E-state index in [4.69, 9.17) is 4.74 Å². The molecule has 9 nitrogen and oxygen atoms in total. The van der Waals surface area contributed by atoms with Gasteiger partial charge in [0.1, 0.15) is 5.75 Å². The predicted molar refractivity (Wildman–Crippen MR) is 126 cm³/mol. The summed E-state index contributed by atoms with van der Waals surface area (Å²) in [6.07, 6.45) is 0. The molecule has 33 heavy (non-hydrogen) atoms. The van der Waals surface area contributed by atoms with Crippen molar-refractivity contribution in [3.8, 4) is 5.75 Å². The summed E-state index contributed by atoms with van der Waals surface area (Å²) < 4.78 is 32.9. The molecule has 0 radical (unpaired) electrons. The highest BCUT2D eigenvalue weighted by Crippen LogP contribution is 2.17. The molecule has 1 aliphatic rings. The van der Waals surface area contributed by atoms with Gasteiger partial charge in [-0.05, 0) is 69.4 Å². The van der Waals surface area contributed by atoms with E-state index in [2.05, 4.69) is 14.9 Å². The molecule has 0 aromatic heterocycles. The fourth-order valence-corrected chi connectivity index (χ4v) is 4.58. The number of carbonyl (C=O) groups excluding carboxylic acids is 2. The van der Waals surface area contributed by atoms with Gasteiger partial charge in [-0.15, -0.1) is 0 Å². The maximum absolute atomic E-state index is 12.6. The minimum absolute atomic E-state index is 0.0392. The van der Waals surface area contributed by atoms with Crippen LogP contribution in [-0.2, 0) is 14.8 Å². The van der Waals surface area contributed by atoms with Crippen molar-refractivity contribution < 1.29 is 22.7 Å². The number of likely N-dealkylation sites (N-methyl/N-ethyl adjacent to an activating group) is 1. The smallest absolute Gasteiger partial charge is 0.253 e. The number of nitrogens with one attached hydrogen (secondary N) is 2. The van der Waals surface area contributed by atoms with Crippen molar-refractivity contribution in [1.82, 2.24) is 14.5 Å². The minimum Gasteiger partial charge on any atom is -0.494 e. The largest absolute Gasteiger partial charge is 0.494 e. The summed E-state index contributed by atoms with van der Waals surface area (Å²) in [5.74, 6) is 0.0110. The van der Waals surface area contributed by atoms with Crippen LogP contribution in [0.3, 0.4) is 0 Å². The van der Waals surface area contributed by atoms with Crippen molar-refractivity contribution in [3.05, 3.63) is 54.1 Å². The normalized spacial score (nSPS) is 15.7. The molecule has 2 aromatic carbocycles. The highest BCUT2D eigenvalue weighted by molar-refractivity contribution is 7.89. The van der Waals surface area contributed by atoms with Gasteiger partial charge in [-0.3, -0.25) is 9.59 Å². The number of carbonyl (C=O) groups is 2. The summed E-state index contributed by atoms with van der Waals surface area (Å²) in [5.41, 5.74) is 1.02. The first-order chi connectivity index (χ1) is 15.7. The average Bonchev–Trinajstić information content (AvgIpc) is 2.80. The van der Waals surface area contributed by atoms with Crippen molar-refractivity contribution in [2.24, 2.45) is 0 Å². The second-order valence-electron chi connectivity index (χ2n) is 7.91. The lowest BCUT2D eigenvalue weighted by molar-refractivity contribution is -0.117. The Balaban J connectivity index is 1.57. The van der Waals surface area contributed by atoms with E-state index >= 15 is 0 Å². The zero-order chi connectivity index (χ0) is 24.0. The molecular weight excluding hydrogens is 444 g/mol. The molecule has 1 atom stereocenters. The summed E-state index contributed by atoms with van der Waals surface area (Å²) in [6.45, 7) is 6.82. The third kappa shape index (κ3) is 6.53. The molecule has 0 unspecified atom stereocenters. The van der Waals surface area contributed by atoms with Gasteiger partial charge >= 0.3 is 0 Å². The number of hydrogen-bond donors (Lipinski definition) is 2. The van der Waals surface area contributed by atoms with Crippen molar-refractivity contribution in [2.45, 2.75) is 24.8 Å². The van der Waals surface area contributed by atoms with Crippen molar-refractivity contribution in [3.63, 3.8) is 0 Å². The second kappa shape index (κ2) is 10.8. The van der Waals surface area contributed by atoms with Crippen LogP contribution in [0, 0.1) is 0 Å². The van der Waals surface area contributed by atoms with Crippen LogP contribution in [0.1, 0.15) is 24.2 Å². The summed E-state index contributed by atoms with van der Waals surface area (Å²) >= 11 is 0. The first-order valence-corrected chi connectivity index (χ1v) is 12.3. The summed E-state index contributed by atoms with van der Waals surface area (Å²) in [7, 11) is -1.86. The standard InChI is InChI=1S/C23H30N4O5S/c1-4-32-20-9-11-21(12-10-20)33(30,31)25-17(2)22(28)24-19-7-5-18(6-8-19)23(29)27-15-13-26(3)14-16-27/h5-12,17,25H,4,13-16H2,1-3H3,(H,24,28)/t17-/m0/s1. The van der Waals surface area contributed by atoms with Crippen LogP contribution >= 0.6 is 0 Å². The number of ether oxygens (including phenoxy) is 1. The Kier molecular flexibility index (Phi) is 8.06. The topological polar surface area (TPSA) is 108 Å². The monoisotopic (exact) mass is 474 g/mol. The first-order valence-electron chi connectivity index (χ1n) is 10.8. The van der Waals surface area contributed by atoms with E-state index in [1.165, 1.54) is 19.1 Å². The van der Waals surface area contributed by atoms with Gasteiger partial charge in [0.25, 0.3) is 5.91 Å². The summed E-state index contributed by atoms with van der Waals surface area (Å²) in [6, 6.07) is 11.6. The molecule has 10 heteroatoms. The highest BCUT2D eigenvalue weighted by Gasteiger charge is 2.23. The van der Waals surface area contributed by atoms with Crippen LogP contribution in [-0.4, -0.2) is 75.9 Å². The summed E-state index contributed by atoms with van der Waals surface area (Å²) in [5, 5.41) is 2.68. The number of benzene rings is 2. The van der Waals surface area contributed by atoms with Gasteiger partial charge < -0.3 is 19.9 Å². The van der Waals surface area contributed by atoms with Crippen LogP contribution in [0.2, 0.25) is 0 Å². The minimum atomic E-state index is -3.88. The molecule has 178 valence electrons. The van der Waals surface area contributed by atoms with Gasteiger partial charge in [0, 0.05) is 37.4 Å². The van der Waals surface area contributed by atoms with Crippen molar-refractivity contribution in [1.29, 1.82) is 0 Å². The second-order valence-corrected chi connectivity index (χ2v) is 9.62. The Morgan fingerprint density at radius 1 is 1.00 bits per heavy atom. The number of rotatable bonds is 8. The molecule has 0 saturated carbocycles. The molecule has 2 amide bonds. The van der Waals surface area contributed by atoms with Crippen LogP contribution < -0.4 is 14.8 Å². The van der Waals surface area contributed by atoms with E-state index in [0.29, 0.717) is 36.7 Å². The Hall–Kier alpha value is -2.95. The van der Waals surface area contributed by atoms with Crippen molar-refractivity contribution >= 4 is 27.5 Å². The van der Waals surface area contributed by atoms with Crippen molar-refractivity contribution in [2.75, 3.05) is 45.2 Å². The molecule has 1 aliphatic heterocycles. The Morgan fingerprint density at radius 2 is 1.61 bits per heavy atom. The molecule has 1 heterocycles. The third-order valence-corrected chi connectivity index (χ3v) is 6.92. The van der Waals surface area contributed by atoms with Gasteiger partial charge in [-0.25, -0.2) is 8.42 Å². The predicted octanol–water partition coefficient (Wildman–Crippen LogP) is 1.78. The van der Waals surface area contributed by atoms with E-state index in [9.17, 15) is 18.0 Å². The lowest BCUT2D eigenvalue weighted by Gasteiger charge is -2.32. The van der Waals surface area contributed by atoms with Crippen LogP contribution in [0.5, 0.6) is 5.75 Å². The SMILES string of the molecule is CCOc1ccc(S(=O)(=O)N[C@@H](C)C(=O)Nc2ccc(C(=O)N3CCN(C)CC3)cc2)cc1. The van der Waals surface area contributed by atoms with Crippen LogP contribution in [0.15, 0.2) is 53.4 Å². The molecule has 0 aliphatic carbocycles. The number of hydrogen-bond acceptors (Lipinski definition) is 6. The van der Waals surface area contributed by atoms with E-state index in [1.807, 2.05) is 18.9 Å². The van der Waals surface area contributed by atoms with E-state index < -0.39 is 22.0 Å².